The van der Waals surface area contributed by atoms with Crippen LogP contribution in [0.1, 0.15) is 11.1 Å². The van der Waals surface area contributed by atoms with Gasteiger partial charge in [0.05, 0.1) is 0 Å². The number of carbonyl (C=O) groups is 2. The maximum atomic E-state index is 13.1. The van der Waals surface area contributed by atoms with Crippen molar-refractivity contribution < 1.29 is 14.3 Å². The van der Waals surface area contributed by atoms with Crippen LogP contribution in [0.3, 0.4) is 0 Å². The SMILES string of the molecule is Cc1ccc(-c2nnc(NC(=O)C(Cc3ccccc3)NC(=O)COc3ccccc3)s2)cc1. The van der Waals surface area contributed by atoms with Crippen LogP contribution < -0.4 is 15.4 Å². The molecule has 1 atom stereocenters. The fraction of sp³-hybridized carbons (Fsp3) is 0.154. The van der Waals surface area contributed by atoms with E-state index in [1.807, 2.05) is 79.7 Å². The molecule has 1 unspecified atom stereocenters. The van der Waals surface area contributed by atoms with Crippen molar-refractivity contribution in [2.75, 3.05) is 11.9 Å². The highest BCUT2D eigenvalue weighted by molar-refractivity contribution is 7.18. The summed E-state index contributed by atoms with van der Waals surface area (Å²) in [5.41, 5.74) is 3.00. The van der Waals surface area contributed by atoms with Gasteiger partial charge in [-0.2, -0.15) is 0 Å². The van der Waals surface area contributed by atoms with Crippen molar-refractivity contribution in [3.63, 3.8) is 0 Å². The summed E-state index contributed by atoms with van der Waals surface area (Å²) in [6.45, 7) is 1.82. The molecule has 2 amide bonds. The van der Waals surface area contributed by atoms with Gasteiger partial charge in [0.25, 0.3) is 5.91 Å². The predicted octanol–water partition coefficient (Wildman–Crippen LogP) is 4.26. The molecule has 1 aromatic heterocycles. The van der Waals surface area contributed by atoms with Crippen molar-refractivity contribution in [2.24, 2.45) is 0 Å². The summed E-state index contributed by atoms with van der Waals surface area (Å²) in [4.78, 5) is 25.6. The smallest absolute Gasteiger partial charge is 0.258 e. The minimum Gasteiger partial charge on any atom is -0.484 e. The number of para-hydroxylation sites is 1. The van der Waals surface area contributed by atoms with Crippen LogP contribution in [-0.2, 0) is 16.0 Å². The van der Waals surface area contributed by atoms with Gasteiger partial charge in [0.15, 0.2) is 6.61 Å². The first-order valence-corrected chi connectivity index (χ1v) is 11.6. The number of aromatic nitrogens is 2. The van der Waals surface area contributed by atoms with Crippen LogP contribution in [0.25, 0.3) is 10.6 Å². The van der Waals surface area contributed by atoms with E-state index in [2.05, 4.69) is 20.8 Å². The maximum Gasteiger partial charge on any atom is 0.258 e. The van der Waals surface area contributed by atoms with Crippen LogP contribution in [0.5, 0.6) is 5.75 Å². The number of amides is 2. The second kappa shape index (κ2) is 11.2. The normalized spacial score (nSPS) is 11.4. The highest BCUT2D eigenvalue weighted by Gasteiger charge is 2.23. The minimum atomic E-state index is -0.805. The lowest BCUT2D eigenvalue weighted by atomic mass is 10.1. The minimum absolute atomic E-state index is 0.195. The molecular formula is C26H24N4O3S. The summed E-state index contributed by atoms with van der Waals surface area (Å²) in [7, 11) is 0. The largest absolute Gasteiger partial charge is 0.484 e. The van der Waals surface area contributed by atoms with Gasteiger partial charge in [-0.3, -0.25) is 14.9 Å². The molecule has 3 aromatic carbocycles. The zero-order chi connectivity index (χ0) is 23.8. The molecule has 0 saturated carbocycles. The first-order valence-electron chi connectivity index (χ1n) is 10.8. The number of anilines is 1. The summed E-state index contributed by atoms with van der Waals surface area (Å²) in [6.07, 6.45) is 0.327. The van der Waals surface area contributed by atoms with Gasteiger partial charge in [-0.25, -0.2) is 0 Å². The molecule has 0 radical (unpaired) electrons. The third-order valence-corrected chi connectivity index (χ3v) is 5.89. The number of rotatable bonds is 9. The average Bonchev–Trinajstić information content (AvgIpc) is 3.32. The fourth-order valence-electron chi connectivity index (χ4n) is 3.24. The first kappa shape index (κ1) is 23.1. The Labute approximate surface area is 201 Å². The molecule has 0 fully saturated rings. The first-order chi connectivity index (χ1) is 16.6. The zero-order valence-electron chi connectivity index (χ0n) is 18.6. The van der Waals surface area contributed by atoms with Crippen LogP contribution in [0, 0.1) is 6.92 Å². The van der Waals surface area contributed by atoms with Crippen LogP contribution in [-0.4, -0.2) is 34.7 Å². The van der Waals surface area contributed by atoms with Crippen LogP contribution in [0.2, 0.25) is 0 Å². The van der Waals surface area contributed by atoms with Crippen LogP contribution in [0.15, 0.2) is 84.9 Å². The lowest BCUT2D eigenvalue weighted by Gasteiger charge is -2.18. The van der Waals surface area contributed by atoms with E-state index in [1.54, 1.807) is 12.1 Å². The van der Waals surface area contributed by atoms with Gasteiger partial charge >= 0.3 is 0 Å². The van der Waals surface area contributed by atoms with E-state index < -0.39 is 11.9 Å². The molecule has 1 heterocycles. The number of nitrogens with zero attached hydrogens (tertiary/aromatic N) is 2. The number of carbonyl (C=O) groups excluding carboxylic acids is 2. The van der Waals surface area contributed by atoms with Crippen molar-refractivity contribution in [3.8, 4) is 16.3 Å². The van der Waals surface area contributed by atoms with Crippen molar-refractivity contribution in [1.29, 1.82) is 0 Å². The zero-order valence-corrected chi connectivity index (χ0v) is 19.4. The molecular weight excluding hydrogens is 448 g/mol. The average molecular weight is 473 g/mol. The maximum absolute atomic E-state index is 13.1. The number of nitrogens with one attached hydrogen (secondary N) is 2. The number of benzene rings is 3. The number of hydrogen-bond acceptors (Lipinski definition) is 6. The summed E-state index contributed by atoms with van der Waals surface area (Å²) in [6, 6.07) is 25.7. The van der Waals surface area contributed by atoms with E-state index in [1.165, 1.54) is 11.3 Å². The molecule has 0 aliphatic rings. The Kier molecular flexibility index (Phi) is 7.62. The van der Waals surface area contributed by atoms with Crippen molar-refractivity contribution >= 4 is 28.3 Å². The molecule has 0 saturated heterocycles. The monoisotopic (exact) mass is 472 g/mol. The summed E-state index contributed by atoms with van der Waals surface area (Å²) in [5, 5.41) is 14.9. The highest BCUT2D eigenvalue weighted by atomic mass is 32.1. The highest BCUT2D eigenvalue weighted by Crippen LogP contribution is 2.26. The standard InChI is InChI=1S/C26H24N4O3S/c1-18-12-14-20(15-13-18)25-29-30-26(34-25)28-24(32)22(16-19-8-4-2-5-9-19)27-23(31)17-33-21-10-6-3-7-11-21/h2-15,22H,16-17H2,1H3,(H,27,31)(H,28,30,32). The van der Waals surface area contributed by atoms with Gasteiger partial charge < -0.3 is 10.1 Å². The second-order valence-corrected chi connectivity index (χ2v) is 8.66. The van der Waals surface area contributed by atoms with Gasteiger partial charge in [-0.05, 0) is 24.6 Å². The van der Waals surface area contributed by atoms with E-state index in [4.69, 9.17) is 4.74 Å². The van der Waals surface area contributed by atoms with Crippen molar-refractivity contribution in [2.45, 2.75) is 19.4 Å². The van der Waals surface area contributed by atoms with Gasteiger partial charge in [0, 0.05) is 12.0 Å². The summed E-state index contributed by atoms with van der Waals surface area (Å²) < 4.78 is 5.51. The molecule has 172 valence electrons. The lowest BCUT2D eigenvalue weighted by Crippen LogP contribution is -2.46. The third-order valence-electron chi connectivity index (χ3n) is 5.00. The second-order valence-electron chi connectivity index (χ2n) is 7.68. The Bertz CT molecular complexity index is 1230. The Hall–Kier alpha value is -4.04. The van der Waals surface area contributed by atoms with E-state index >= 15 is 0 Å². The van der Waals surface area contributed by atoms with E-state index in [0.717, 1.165) is 16.7 Å². The van der Waals surface area contributed by atoms with Crippen molar-refractivity contribution in [3.05, 3.63) is 96.1 Å². The van der Waals surface area contributed by atoms with Crippen LogP contribution >= 0.6 is 11.3 Å². The van der Waals surface area contributed by atoms with Gasteiger partial charge in [0.2, 0.25) is 11.0 Å². The quantitative estimate of drug-likeness (QED) is 0.380. The summed E-state index contributed by atoms with van der Waals surface area (Å²) in [5.74, 6) is -0.180. The molecule has 0 aliphatic carbocycles. The fourth-order valence-corrected chi connectivity index (χ4v) is 3.99. The topological polar surface area (TPSA) is 93.2 Å². The van der Waals surface area contributed by atoms with Crippen LogP contribution in [0.4, 0.5) is 5.13 Å². The predicted molar refractivity (Wildman–Crippen MR) is 133 cm³/mol. The van der Waals surface area contributed by atoms with Gasteiger partial charge in [0.1, 0.15) is 16.8 Å². The van der Waals surface area contributed by atoms with Crippen molar-refractivity contribution in [1.82, 2.24) is 15.5 Å². The molecule has 4 rings (SSSR count). The Morgan fingerprint density at radius 3 is 2.29 bits per heavy atom. The molecule has 2 N–H and O–H groups in total. The third kappa shape index (κ3) is 6.49. The van der Waals surface area contributed by atoms with E-state index in [-0.39, 0.29) is 12.5 Å². The molecule has 4 aromatic rings. The Balaban J connectivity index is 1.43. The van der Waals surface area contributed by atoms with E-state index in [9.17, 15) is 9.59 Å². The lowest BCUT2D eigenvalue weighted by molar-refractivity contribution is -0.127. The Morgan fingerprint density at radius 1 is 0.912 bits per heavy atom. The number of aryl methyl sites for hydroxylation is 1. The molecule has 0 bridgehead atoms. The molecule has 8 heteroatoms. The Morgan fingerprint density at radius 2 is 1.59 bits per heavy atom. The van der Waals surface area contributed by atoms with Gasteiger partial charge in [-0.15, -0.1) is 10.2 Å². The number of hydrogen-bond donors (Lipinski definition) is 2. The summed E-state index contributed by atoms with van der Waals surface area (Å²) >= 11 is 1.28. The van der Waals surface area contributed by atoms with Gasteiger partial charge in [-0.1, -0.05) is 89.7 Å². The molecule has 0 aliphatic heterocycles. The van der Waals surface area contributed by atoms with E-state index in [0.29, 0.717) is 22.3 Å². The number of ether oxygens (including phenoxy) is 1. The molecule has 0 spiro atoms. The molecule has 34 heavy (non-hydrogen) atoms. The molecule has 7 nitrogen and oxygen atoms in total.